The van der Waals surface area contributed by atoms with Crippen LogP contribution in [-0.4, -0.2) is 4.98 Å². The molecule has 1 saturated carbocycles. The highest BCUT2D eigenvalue weighted by Crippen LogP contribution is 2.50. The maximum atomic E-state index is 4.13. The van der Waals surface area contributed by atoms with Crippen LogP contribution in [0.4, 0.5) is 0 Å². The van der Waals surface area contributed by atoms with E-state index in [0.717, 1.165) is 0 Å². The Morgan fingerprint density at radius 3 is 2.83 bits per heavy atom. The summed E-state index contributed by atoms with van der Waals surface area (Å²) in [5.74, 6) is 0. The molecule has 1 aromatic heterocycles. The van der Waals surface area contributed by atoms with E-state index in [0.29, 0.717) is 5.41 Å². The highest BCUT2D eigenvalue weighted by Gasteiger charge is 2.40. The highest BCUT2D eigenvalue weighted by molar-refractivity contribution is 5.13. The van der Waals surface area contributed by atoms with E-state index in [1.807, 2.05) is 18.5 Å². The summed E-state index contributed by atoms with van der Waals surface area (Å²) in [6.07, 6.45) is 9.22. The van der Waals surface area contributed by atoms with Gasteiger partial charge in [-0.2, -0.15) is 0 Å². The van der Waals surface area contributed by atoms with Crippen LogP contribution in [0.1, 0.15) is 31.7 Å². The first kappa shape index (κ1) is 7.78. The maximum Gasteiger partial charge on any atom is 0.0300 e. The minimum Gasteiger partial charge on any atom is -0.264 e. The summed E-state index contributed by atoms with van der Waals surface area (Å²) in [4.78, 5) is 4.13. The van der Waals surface area contributed by atoms with Gasteiger partial charge in [0.15, 0.2) is 0 Å². The van der Waals surface area contributed by atoms with E-state index < -0.39 is 0 Å². The fraction of sp³-hybridized carbons (Fsp3) is 0.545. The number of hydrogen-bond acceptors (Lipinski definition) is 1. The van der Waals surface area contributed by atoms with E-state index >= 15 is 0 Å². The molecule has 12 heavy (non-hydrogen) atoms. The minimum absolute atomic E-state index is 0.656. The molecular weight excluding hydrogens is 146 g/mol. The van der Waals surface area contributed by atoms with Crippen molar-refractivity contribution in [1.82, 2.24) is 4.98 Å². The number of nitrogens with zero attached hydrogens (tertiary/aromatic N) is 1. The molecule has 0 aromatic carbocycles. The van der Waals surface area contributed by atoms with Gasteiger partial charge in [-0.15, -0.1) is 0 Å². The molecule has 0 aliphatic heterocycles. The van der Waals surface area contributed by atoms with Gasteiger partial charge in [0.05, 0.1) is 0 Å². The summed E-state index contributed by atoms with van der Waals surface area (Å²) < 4.78 is 0. The van der Waals surface area contributed by atoms with Crippen molar-refractivity contribution in [3.05, 3.63) is 30.1 Å². The molecule has 0 atom stereocenters. The standard InChI is InChI=1S/C11H15N/c1-2-11(5-6-11)8-10-4-3-7-12-9-10/h3-4,7,9H,2,5-6,8H2,1H3. The molecule has 1 heterocycles. The van der Waals surface area contributed by atoms with Crippen molar-refractivity contribution in [3.63, 3.8) is 0 Å². The molecule has 0 saturated heterocycles. The fourth-order valence-electron chi connectivity index (χ4n) is 1.77. The molecule has 64 valence electrons. The molecule has 1 aromatic rings. The van der Waals surface area contributed by atoms with Crippen molar-refractivity contribution in [2.75, 3.05) is 0 Å². The lowest BCUT2D eigenvalue weighted by molar-refractivity contribution is 0.488. The summed E-state index contributed by atoms with van der Waals surface area (Å²) in [7, 11) is 0. The van der Waals surface area contributed by atoms with Crippen molar-refractivity contribution < 1.29 is 0 Å². The lowest BCUT2D eigenvalue weighted by Crippen LogP contribution is -2.02. The van der Waals surface area contributed by atoms with Crippen molar-refractivity contribution in [3.8, 4) is 0 Å². The summed E-state index contributed by atoms with van der Waals surface area (Å²) in [6.45, 7) is 2.30. The zero-order valence-corrected chi connectivity index (χ0v) is 7.59. The fourth-order valence-corrected chi connectivity index (χ4v) is 1.77. The third kappa shape index (κ3) is 1.50. The molecular formula is C11H15N. The number of rotatable bonds is 3. The Kier molecular flexibility index (Phi) is 1.87. The van der Waals surface area contributed by atoms with Crippen LogP contribution in [0.3, 0.4) is 0 Å². The Labute approximate surface area is 73.8 Å². The SMILES string of the molecule is CCC1(Cc2cccnc2)CC1. The van der Waals surface area contributed by atoms with Gasteiger partial charge >= 0.3 is 0 Å². The molecule has 0 amide bonds. The van der Waals surface area contributed by atoms with Crippen molar-refractivity contribution >= 4 is 0 Å². The first-order valence-corrected chi connectivity index (χ1v) is 4.74. The monoisotopic (exact) mass is 161 g/mol. The first-order chi connectivity index (χ1) is 5.85. The van der Waals surface area contributed by atoms with Gasteiger partial charge in [-0.3, -0.25) is 4.98 Å². The van der Waals surface area contributed by atoms with Crippen molar-refractivity contribution in [2.45, 2.75) is 32.6 Å². The van der Waals surface area contributed by atoms with Crippen LogP contribution in [0, 0.1) is 5.41 Å². The van der Waals surface area contributed by atoms with Crippen LogP contribution in [0.2, 0.25) is 0 Å². The summed E-state index contributed by atoms with van der Waals surface area (Å²) in [6, 6.07) is 4.21. The Hall–Kier alpha value is -0.850. The van der Waals surface area contributed by atoms with E-state index in [1.54, 1.807) is 0 Å². The van der Waals surface area contributed by atoms with Crippen LogP contribution in [0.25, 0.3) is 0 Å². The first-order valence-electron chi connectivity index (χ1n) is 4.74. The van der Waals surface area contributed by atoms with E-state index in [-0.39, 0.29) is 0 Å². The molecule has 0 spiro atoms. The smallest absolute Gasteiger partial charge is 0.0300 e. The third-order valence-electron chi connectivity index (χ3n) is 3.01. The third-order valence-corrected chi connectivity index (χ3v) is 3.01. The molecule has 1 heteroatoms. The Morgan fingerprint density at radius 2 is 2.33 bits per heavy atom. The van der Waals surface area contributed by atoms with Gasteiger partial charge < -0.3 is 0 Å². The zero-order valence-electron chi connectivity index (χ0n) is 7.59. The Balaban J connectivity index is 2.04. The van der Waals surface area contributed by atoms with Crippen LogP contribution in [-0.2, 0) is 6.42 Å². The minimum atomic E-state index is 0.656. The average Bonchev–Trinajstić information content (AvgIpc) is 2.88. The van der Waals surface area contributed by atoms with Crippen LogP contribution < -0.4 is 0 Å². The number of aromatic nitrogens is 1. The molecule has 1 aliphatic rings. The Morgan fingerprint density at radius 1 is 1.50 bits per heavy atom. The van der Waals surface area contributed by atoms with Gasteiger partial charge in [-0.25, -0.2) is 0 Å². The van der Waals surface area contributed by atoms with Crippen LogP contribution in [0.5, 0.6) is 0 Å². The van der Waals surface area contributed by atoms with Crippen LogP contribution >= 0.6 is 0 Å². The van der Waals surface area contributed by atoms with E-state index in [9.17, 15) is 0 Å². The summed E-state index contributed by atoms with van der Waals surface area (Å²) >= 11 is 0. The number of hydrogen-bond donors (Lipinski definition) is 0. The molecule has 2 rings (SSSR count). The van der Waals surface area contributed by atoms with Gasteiger partial charge in [-0.05, 0) is 36.3 Å². The summed E-state index contributed by atoms with van der Waals surface area (Å²) in [5.41, 5.74) is 2.06. The average molecular weight is 161 g/mol. The van der Waals surface area contributed by atoms with Gasteiger partial charge in [0, 0.05) is 12.4 Å². The zero-order chi connectivity index (χ0) is 8.44. The Bertz CT molecular complexity index is 249. The largest absolute Gasteiger partial charge is 0.264 e. The molecule has 0 unspecified atom stereocenters. The lowest BCUT2D eigenvalue weighted by atomic mass is 9.95. The molecule has 0 bridgehead atoms. The van der Waals surface area contributed by atoms with Crippen molar-refractivity contribution in [1.29, 1.82) is 0 Å². The highest BCUT2D eigenvalue weighted by atomic mass is 14.6. The van der Waals surface area contributed by atoms with Crippen molar-refractivity contribution in [2.24, 2.45) is 5.41 Å². The predicted molar refractivity (Wildman–Crippen MR) is 49.9 cm³/mol. The van der Waals surface area contributed by atoms with Crippen LogP contribution in [0.15, 0.2) is 24.5 Å². The summed E-state index contributed by atoms with van der Waals surface area (Å²) in [5, 5.41) is 0. The van der Waals surface area contributed by atoms with Gasteiger partial charge in [-0.1, -0.05) is 19.4 Å². The quantitative estimate of drug-likeness (QED) is 0.664. The lowest BCUT2D eigenvalue weighted by Gasteiger charge is -2.10. The second-order valence-corrected chi connectivity index (χ2v) is 3.89. The van der Waals surface area contributed by atoms with Gasteiger partial charge in [0.25, 0.3) is 0 Å². The second-order valence-electron chi connectivity index (χ2n) is 3.89. The van der Waals surface area contributed by atoms with E-state index in [4.69, 9.17) is 0 Å². The van der Waals surface area contributed by atoms with Gasteiger partial charge in [0.2, 0.25) is 0 Å². The number of pyridine rings is 1. The second kappa shape index (κ2) is 2.89. The molecule has 0 N–H and O–H groups in total. The molecule has 1 fully saturated rings. The molecule has 1 nitrogen and oxygen atoms in total. The van der Waals surface area contributed by atoms with E-state index in [1.165, 1.54) is 31.2 Å². The topological polar surface area (TPSA) is 12.9 Å². The normalized spacial score (nSPS) is 19.1. The molecule has 0 radical (unpaired) electrons. The predicted octanol–water partition coefficient (Wildman–Crippen LogP) is 2.81. The van der Waals surface area contributed by atoms with E-state index in [2.05, 4.69) is 18.0 Å². The van der Waals surface area contributed by atoms with Gasteiger partial charge in [0.1, 0.15) is 0 Å². The maximum absolute atomic E-state index is 4.13. The molecule has 1 aliphatic carbocycles.